The number of fused-ring (bicyclic) bond motifs is 1. The first-order valence-corrected chi connectivity index (χ1v) is 9.10. The number of carboxylic acid groups (broad SMARTS) is 1. The molecular weight excluding hydrogens is 346 g/mol. The van der Waals surface area contributed by atoms with Crippen molar-refractivity contribution in [3.63, 3.8) is 0 Å². The van der Waals surface area contributed by atoms with E-state index in [1.54, 1.807) is 12.1 Å². The van der Waals surface area contributed by atoms with Gasteiger partial charge in [0.15, 0.2) is 0 Å². The third-order valence-electron chi connectivity index (χ3n) is 4.31. The maximum absolute atomic E-state index is 12.5. The fourth-order valence-corrected chi connectivity index (χ4v) is 3.03. The van der Waals surface area contributed by atoms with Crippen LogP contribution in [0.25, 0.3) is 10.9 Å². The number of hydrogen-bond donors (Lipinski definition) is 3. The monoisotopic (exact) mass is 373 g/mol. The normalized spacial score (nSPS) is 12.4. The van der Waals surface area contributed by atoms with Gasteiger partial charge in [0.2, 0.25) is 5.91 Å². The number of aromatic nitrogens is 1. The van der Waals surface area contributed by atoms with Crippen LogP contribution in [-0.2, 0) is 9.59 Å². The standard InChI is InChI=1S/C20H27N3O4/c1-12(2)10-16(20(26)27)22-18(24)11-21-19(25)15-6-5-7-17-14(15)8-9-23(17)13(3)4/h5-9,12-13,16H,10-11H2,1-4H3,(H,21,25)(H,22,24)(H,26,27)/t16-/m0/s1. The molecule has 1 atom stereocenters. The Balaban J connectivity index is 2.04. The van der Waals surface area contributed by atoms with Gasteiger partial charge in [-0.15, -0.1) is 0 Å². The summed E-state index contributed by atoms with van der Waals surface area (Å²) >= 11 is 0. The summed E-state index contributed by atoms with van der Waals surface area (Å²) in [4.78, 5) is 35.8. The smallest absolute Gasteiger partial charge is 0.326 e. The van der Waals surface area contributed by atoms with Crippen molar-refractivity contribution in [2.45, 2.75) is 46.2 Å². The first-order chi connectivity index (χ1) is 12.7. The molecule has 0 saturated carbocycles. The van der Waals surface area contributed by atoms with E-state index in [0.29, 0.717) is 12.0 Å². The predicted molar refractivity (Wildman–Crippen MR) is 104 cm³/mol. The number of rotatable bonds is 8. The molecule has 1 aromatic carbocycles. The number of benzene rings is 1. The molecule has 3 N–H and O–H groups in total. The molecule has 0 spiro atoms. The van der Waals surface area contributed by atoms with E-state index < -0.39 is 17.9 Å². The Bertz CT molecular complexity index is 839. The quantitative estimate of drug-likeness (QED) is 0.662. The topological polar surface area (TPSA) is 100 Å². The molecule has 7 heteroatoms. The van der Waals surface area contributed by atoms with Crippen LogP contribution in [0.5, 0.6) is 0 Å². The van der Waals surface area contributed by atoms with Crippen molar-refractivity contribution in [3.05, 3.63) is 36.0 Å². The Hall–Kier alpha value is -2.83. The molecule has 0 fully saturated rings. The van der Waals surface area contributed by atoms with Crippen LogP contribution in [0.4, 0.5) is 0 Å². The fraction of sp³-hybridized carbons (Fsp3) is 0.450. The Morgan fingerprint density at radius 1 is 1.11 bits per heavy atom. The zero-order valence-electron chi connectivity index (χ0n) is 16.2. The first-order valence-electron chi connectivity index (χ1n) is 9.10. The Labute approximate surface area is 158 Å². The zero-order valence-corrected chi connectivity index (χ0v) is 16.2. The number of carbonyl (C=O) groups is 3. The maximum atomic E-state index is 12.5. The number of carbonyl (C=O) groups excluding carboxylic acids is 2. The highest BCUT2D eigenvalue weighted by molar-refractivity contribution is 6.07. The number of nitrogens with one attached hydrogen (secondary N) is 2. The minimum absolute atomic E-state index is 0.128. The Morgan fingerprint density at radius 2 is 1.81 bits per heavy atom. The van der Waals surface area contributed by atoms with Gasteiger partial charge in [-0.2, -0.15) is 0 Å². The second kappa shape index (κ2) is 8.70. The number of hydrogen-bond acceptors (Lipinski definition) is 3. The van der Waals surface area contributed by atoms with Gasteiger partial charge in [-0.25, -0.2) is 4.79 Å². The Morgan fingerprint density at radius 3 is 2.41 bits per heavy atom. The third kappa shape index (κ3) is 5.09. The zero-order chi connectivity index (χ0) is 20.1. The average molecular weight is 373 g/mol. The SMILES string of the molecule is CC(C)C[C@H](NC(=O)CNC(=O)c1cccc2c1ccn2C(C)C)C(=O)O. The molecule has 2 amide bonds. The highest BCUT2D eigenvalue weighted by atomic mass is 16.4. The molecule has 0 aliphatic rings. The lowest BCUT2D eigenvalue weighted by Gasteiger charge is -2.16. The summed E-state index contributed by atoms with van der Waals surface area (Å²) in [6, 6.07) is 6.65. The van der Waals surface area contributed by atoms with Gasteiger partial charge >= 0.3 is 5.97 Å². The van der Waals surface area contributed by atoms with Crippen LogP contribution in [0.1, 0.15) is 50.5 Å². The van der Waals surface area contributed by atoms with Crippen molar-refractivity contribution in [1.82, 2.24) is 15.2 Å². The average Bonchev–Trinajstić information content (AvgIpc) is 3.02. The molecule has 0 saturated heterocycles. The third-order valence-corrected chi connectivity index (χ3v) is 4.31. The van der Waals surface area contributed by atoms with E-state index in [1.165, 1.54) is 0 Å². The summed E-state index contributed by atoms with van der Waals surface area (Å²) in [7, 11) is 0. The molecule has 1 heterocycles. The highest BCUT2D eigenvalue weighted by Gasteiger charge is 2.21. The molecule has 0 unspecified atom stereocenters. The lowest BCUT2D eigenvalue weighted by Crippen LogP contribution is -2.46. The van der Waals surface area contributed by atoms with E-state index in [1.807, 2.05) is 32.2 Å². The van der Waals surface area contributed by atoms with E-state index in [9.17, 15) is 19.5 Å². The van der Waals surface area contributed by atoms with Gasteiger partial charge in [-0.05, 0) is 44.4 Å². The van der Waals surface area contributed by atoms with Crippen molar-refractivity contribution in [3.8, 4) is 0 Å². The van der Waals surface area contributed by atoms with Crippen molar-refractivity contribution in [1.29, 1.82) is 0 Å². The molecule has 7 nitrogen and oxygen atoms in total. The van der Waals surface area contributed by atoms with Crippen LogP contribution in [-0.4, -0.2) is 40.0 Å². The molecule has 2 rings (SSSR count). The second-order valence-corrected chi connectivity index (χ2v) is 7.33. The lowest BCUT2D eigenvalue weighted by atomic mass is 10.0. The molecule has 2 aromatic rings. The van der Waals surface area contributed by atoms with Crippen molar-refractivity contribution in [2.24, 2.45) is 5.92 Å². The van der Waals surface area contributed by atoms with E-state index in [2.05, 4.69) is 29.0 Å². The lowest BCUT2D eigenvalue weighted by molar-refractivity contribution is -0.142. The number of amides is 2. The van der Waals surface area contributed by atoms with E-state index in [0.717, 1.165) is 10.9 Å². The fourth-order valence-electron chi connectivity index (χ4n) is 3.03. The molecule has 146 valence electrons. The van der Waals surface area contributed by atoms with Crippen LogP contribution in [0, 0.1) is 5.92 Å². The van der Waals surface area contributed by atoms with Gasteiger partial charge in [0, 0.05) is 28.7 Å². The minimum Gasteiger partial charge on any atom is -0.480 e. The molecule has 0 bridgehead atoms. The van der Waals surface area contributed by atoms with Crippen LogP contribution in [0.3, 0.4) is 0 Å². The van der Waals surface area contributed by atoms with Crippen molar-refractivity contribution >= 4 is 28.7 Å². The summed E-state index contributed by atoms with van der Waals surface area (Å²) in [5, 5.41) is 15.0. The van der Waals surface area contributed by atoms with Crippen LogP contribution in [0.15, 0.2) is 30.5 Å². The molecule has 0 aliphatic carbocycles. The maximum Gasteiger partial charge on any atom is 0.326 e. The molecule has 27 heavy (non-hydrogen) atoms. The summed E-state index contributed by atoms with van der Waals surface area (Å²) in [5.74, 6) is -1.84. The van der Waals surface area contributed by atoms with Gasteiger partial charge in [0.25, 0.3) is 5.91 Å². The van der Waals surface area contributed by atoms with Crippen molar-refractivity contribution in [2.75, 3.05) is 6.54 Å². The van der Waals surface area contributed by atoms with Gasteiger partial charge in [-0.1, -0.05) is 19.9 Å². The van der Waals surface area contributed by atoms with Crippen LogP contribution >= 0.6 is 0 Å². The van der Waals surface area contributed by atoms with Gasteiger partial charge in [0.05, 0.1) is 6.54 Å². The Kier molecular flexibility index (Phi) is 6.60. The number of carboxylic acids is 1. The van der Waals surface area contributed by atoms with Crippen LogP contribution < -0.4 is 10.6 Å². The molecule has 1 aromatic heterocycles. The molecule has 0 radical (unpaired) electrons. The summed E-state index contributed by atoms with van der Waals surface area (Å²) in [6.45, 7) is 7.61. The summed E-state index contributed by atoms with van der Waals surface area (Å²) in [5.41, 5.74) is 1.43. The molecular formula is C20H27N3O4. The first kappa shape index (κ1) is 20.5. The number of nitrogens with zero attached hydrogens (tertiary/aromatic N) is 1. The van der Waals surface area contributed by atoms with E-state index in [-0.39, 0.29) is 24.4 Å². The predicted octanol–water partition coefficient (Wildman–Crippen LogP) is 2.57. The van der Waals surface area contributed by atoms with Crippen LogP contribution in [0.2, 0.25) is 0 Å². The second-order valence-electron chi connectivity index (χ2n) is 7.33. The van der Waals surface area contributed by atoms with Crippen molar-refractivity contribution < 1.29 is 19.5 Å². The van der Waals surface area contributed by atoms with E-state index in [4.69, 9.17) is 0 Å². The largest absolute Gasteiger partial charge is 0.480 e. The summed E-state index contributed by atoms with van der Waals surface area (Å²) in [6.07, 6.45) is 2.26. The van der Waals surface area contributed by atoms with Gasteiger partial charge < -0.3 is 20.3 Å². The van der Waals surface area contributed by atoms with E-state index >= 15 is 0 Å². The van der Waals surface area contributed by atoms with Gasteiger partial charge in [-0.3, -0.25) is 9.59 Å². The molecule has 0 aliphatic heterocycles. The highest BCUT2D eigenvalue weighted by Crippen LogP contribution is 2.23. The summed E-state index contributed by atoms with van der Waals surface area (Å²) < 4.78 is 2.07. The van der Waals surface area contributed by atoms with Gasteiger partial charge in [0.1, 0.15) is 6.04 Å². The number of aliphatic carboxylic acids is 1. The minimum atomic E-state index is -1.08.